The molecule has 2 rings (SSSR count). The summed E-state index contributed by atoms with van der Waals surface area (Å²) < 4.78 is 1.17. The molecule has 0 spiro atoms. The Kier molecular flexibility index (Phi) is 6.47. The molecule has 0 aromatic heterocycles. The molecule has 1 unspecified atom stereocenters. The SMILES string of the molecule is CCCCC(N[C@H](C)c1ccccc1Br)c1ccccc1. The van der Waals surface area contributed by atoms with Crippen LogP contribution in [0.1, 0.15) is 56.3 Å². The standard InChI is InChI=1S/C19H24BrN/c1-3-4-14-19(16-10-6-5-7-11-16)21-15(2)17-12-8-9-13-18(17)20/h5-13,15,19,21H,3-4,14H2,1-2H3/t15-,19?/m1/s1. The highest BCUT2D eigenvalue weighted by molar-refractivity contribution is 9.10. The van der Waals surface area contributed by atoms with Crippen LogP contribution in [0.2, 0.25) is 0 Å². The van der Waals surface area contributed by atoms with Crippen LogP contribution in [0.25, 0.3) is 0 Å². The van der Waals surface area contributed by atoms with E-state index in [1.165, 1.54) is 34.9 Å². The zero-order chi connectivity index (χ0) is 15.1. The molecule has 2 atom stereocenters. The summed E-state index contributed by atoms with van der Waals surface area (Å²) >= 11 is 3.66. The first-order chi connectivity index (χ1) is 10.2. The highest BCUT2D eigenvalue weighted by Gasteiger charge is 2.16. The zero-order valence-corrected chi connectivity index (χ0v) is 14.4. The molecule has 0 saturated carbocycles. The van der Waals surface area contributed by atoms with Gasteiger partial charge >= 0.3 is 0 Å². The van der Waals surface area contributed by atoms with Crippen molar-refractivity contribution in [1.29, 1.82) is 0 Å². The van der Waals surface area contributed by atoms with Crippen molar-refractivity contribution in [2.24, 2.45) is 0 Å². The number of rotatable bonds is 7. The number of nitrogens with one attached hydrogen (secondary N) is 1. The van der Waals surface area contributed by atoms with Crippen molar-refractivity contribution in [2.45, 2.75) is 45.2 Å². The van der Waals surface area contributed by atoms with Crippen molar-refractivity contribution in [1.82, 2.24) is 5.32 Å². The van der Waals surface area contributed by atoms with Gasteiger partial charge in [-0.25, -0.2) is 0 Å². The number of halogens is 1. The molecule has 1 N–H and O–H groups in total. The molecule has 2 aromatic carbocycles. The molecule has 2 heteroatoms. The summed E-state index contributed by atoms with van der Waals surface area (Å²) in [5, 5.41) is 3.80. The Bertz CT molecular complexity index is 538. The lowest BCUT2D eigenvalue weighted by molar-refractivity contribution is 0.431. The van der Waals surface area contributed by atoms with Crippen LogP contribution < -0.4 is 5.32 Å². The molecule has 0 aliphatic heterocycles. The Morgan fingerprint density at radius 1 is 1.00 bits per heavy atom. The van der Waals surface area contributed by atoms with Gasteiger partial charge in [0.25, 0.3) is 0 Å². The van der Waals surface area contributed by atoms with E-state index in [0.29, 0.717) is 12.1 Å². The fraction of sp³-hybridized carbons (Fsp3) is 0.368. The van der Waals surface area contributed by atoms with Crippen molar-refractivity contribution in [3.05, 3.63) is 70.2 Å². The van der Waals surface area contributed by atoms with E-state index in [-0.39, 0.29) is 0 Å². The molecule has 1 nitrogen and oxygen atoms in total. The van der Waals surface area contributed by atoms with Gasteiger partial charge in [-0.2, -0.15) is 0 Å². The highest BCUT2D eigenvalue weighted by atomic mass is 79.9. The normalized spacial score (nSPS) is 13.9. The summed E-state index contributed by atoms with van der Waals surface area (Å²) in [6, 6.07) is 20.0. The van der Waals surface area contributed by atoms with E-state index in [0.717, 1.165) is 0 Å². The third kappa shape index (κ3) is 4.69. The van der Waals surface area contributed by atoms with E-state index in [4.69, 9.17) is 0 Å². The number of benzene rings is 2. The number of unbranched alkanes of at least 4 members (excludes halogenated alkanes) is 1. The molecule has 0 amide bonds. The third-order valence-corrected chi connectivity index (χ3v) is 4.59. The van der Waals surface area contributed by atoms with Gasteiger partial charge in [-0.1, -0.05) is 84.2 Å². The molecule has 0 bridgehead atoms. The lowest BCUT2D eigenvalue weighted by Gasteiger charge is -2.25. The predicted octanol–water partition coefficient (Wildman–Crippen LogP) is 6.03. The van der Waals surface area contributed by atoms with E-state index in [2.05, 4.69) is 89.7 Å². The minimum atomic E-state index is 0.322. The third-order valence-electron chi connectivity index (χ3n) is 3.87. The van der Waals surface area contributed by atoms with Gasteiger partial charge in [-0.15, -0.1) is 0 Å². The number of hydrogen-bond donors (Lipinski definition) is 1. The number of hydrogen-bond acceptors (Lipinski definition) is 1. The van der Waals surface area contributed by atoms with Crippen LogP contribution in [-0.4, -0.2) is 0 Å². The molecule has 21 heavy (non-hydrogen) atoms. The van der Waals surface area contributed by atoms with Crippen LogP contribution in [0.3, 0.4) is 0 Å². The first kappa shape index (κ1) is 16.3. The van der Waals surface area contributed by atoms with Crippen LogP contribution in [0.15, 0.2) is 59.1 Å². The summed E-state index contributed by atoms with van der Waals surface area (Å²) in [5.74, 6) is 0. The van der Waals surface area contributed by atoms with Gasteiger partial charge in [-0.3, -0.25) is 0 Å². The van der Waals surface area contributed by atoms with Crippen molar-refractivity contribution in [2.75, 3.05) is 0 Å². The van der Waals surface area contributed by atoms with Gasteiger partial charge in [0.05, 0.1) is 0 Å². The van der Waals surface area contributed by atoms with Crippen LogP contribution in [0.4, 0.5) is 0 Å². The summed E-state index contributed by atoms with van der Waals surface area (Å²) in [4.78, 5) is 0. The molecular formula is C19H24BrN. The second-order valence-electron chi connectivity index (χ2n) is 5.52. The maximum atomic E-state index is 3.80. The topological polar surface area (TPSA) is 12.0 Å². The molecule has 0 heterocycles. The minimum Gasteiger partial charge on any atom is -0.303 e. The maximum absolute atomic E-state index is 3.80. The summed E-state index contributed by atoms with van der Waals surface area (Å²) in [5.41, 5.74) is 2.69. The Labute approximate surface area is 136 Å². The fourth-order valence-corrected chi connectivity index (χ4v) is 3.29. The van der Waals surface area contributed by atoms with Gasteiger partial charge < -0.3 is 5.32 Å². The molecule has 0 aliphatic carbocycles. The van der Waals surface area contributed by atoms with Crippen LogP contribution in [0, 0.1) is 0 Å². The van der Waals surface area contributed by atoms with E-state index >= 15 is 0 Å². The smallest absolute Gasteiger partial charge is 0.0325 e. The fourth-order valence-electron chi connectivity index (χ4n) is 2.66. The average Bonchev–Trinajstić information content (AvgIpc) is 2.52. The minimum absolute atomic E-state index is 0.322. The molecule has 0 fully saturated rings. The van der Waals surface area contributed by atoms with Crippen molar-refractivity contribution in [3.8, 4) is 0 Å². The van der Waals surface area contributed by atoms with Gasteiger partial charge in [0, 0.05) is 16.6 Å². The largest absolute Gasteiger partial charge is 0.303 e. The lowest BCUT2D eigenvalue weighted by atomic mass is 9.99. The van der Waals surface area contributed by atoms with Crippen LogP contribution in [0.5, 0.6) is 0 Å². The second kappa shape index (κ2) is 8.35. The average molecular weight is 346 g/mol. The van der Waals surface area contributed by atoms with E-state index in [1.807, 2.05) is 0 Å². The van der Waals surface area contributed by atoms with Gasteiger partial charge in [-0.05, 0) is 30.5 Å². The monoisotopic (exact) mass is 345 g/mol. The van der Waals surface area contributed by atoms with Crippen molar-refractivity contribution in [3.63, 3.8) is 0 Å². The van der Waals surface area contributed by atoms with Gasteiger partial charge in [0.2, 0.25) is 0 Å². The molecule has 2 aromatic rings. The summed E-state index contributed by atoms with van der Waals surface area (Å²) in [6.07, 6.45) is 3.65. The van der Waals surface area contributed by atoms with E-state index in [9.17, 15) is 0 Å². The summed E-state index contributed by atoms with van der Waals surface area (Å²) in [6.45, 7) is 4.49. The Balaban J connectivity index is 2.13. The second-order valence-corrected chi connectivity index (χ2v) is 6.37. The lowest BCUT2D eigenvalue weighted by Crippen LogP contribution is -2.25. The first-order valence-electron chi connectivity index (χ1n) is 7.77. The molecule has 0 aliphatic rings. The highest BCUT2D eigenvalue weighted by Crippen LogP contribution is 2.27. The maximum Gasteiger partial charge on any atom is 0.0325 e. The van der Waals surface area contributed by atoms with E-state index < -0.39 is 0 Å². The van der Waals surface area contributed by atoms with Crippen LogP contribution >= 0.6 is 15.9 Å². The molecule has 0 saturated heterocycles. The predicted molar refractivity (Wildman–Crippen MR) is 94.4 cm³/mol. The zero-order valence-electron chi connectivity index (χ0n) is 12.9. The van der Waals surface area contributed by atoms with Gasteiger partial charge in [0.15, 0.2) is 0 Å². The Morgan fingerprint density at radius 2 is 1.67 bits per heavy atom. The quantitative estimate of drug-likeness (QED) is 0.645. The van der Waals surface area contributed by atoms with Crippen molar-refractivity contribution < 1.29 is 0 Å². The van der Waals surface area contributed by atoms with Gasteiger partial charge in [0.1, 0.15) is 0 Å². The van der Waals surface area contributed by atoms with E-state index in [1.54, 1.807) is 0 Å². The summed E-state index contributed by atoms with van der Waals surface area (Å²) in [7, 11) is 0. The van der Waals surface area contributed by atoms with Crippen molar-refractivity contribution >= 4 is 15.9 Å². The first-order valence-corrected chi connectivity index (χ1v) is 8.57. The molecular weight excluding hydrogens is 322 g/mol. The Hall–Kier alpha value is -1.12. The molecule has 0 radical (unpaired) electrons. The van der Waals surface area contributed by atoms with Crippen LogP contribution in [-0.2, 0) is 0 Å². The molecule has 112 valence electrons. The Morgan fingerprint density at radius 3 is 2.33 bits per heavy atom.